The van der Waals surface area contributed by atoms with Gasteiger partial charge in [-0.2, -0.15) is 0 Å². The zero-order valence-electron chi connectivity index (χ0n) is 18.7. The third-order valence-corrected chi connectivity index (χ3v) is 6.54. The van der Waals surface area contributed by atoms with Crippen molar-refractivity contribution in [3.8, 4) is 5.75 Å². The Bertz CT molecular complexity index is 1330. The van der Waals surface area contributed by atoms with Gasteiger partial charge in [0.2, 0.25) is 0 Å². The molecule has 1 aliphatic heterocycles. The molecule has 4 nitrogen and oxygen atoms in total. The summed E-state index contributed by atoms with van der Waals surface area (Å²) in [5.41, 5.74) is 2.76. The molecule has 172 valence electrons. The fourth-order valence-electron chi connectivity index (χ4n) is 4.85. The van der Waals surface area contributed by atoms with Crippen LogP contribution in [-0.2, 0) is 6.42 Å². The quantitative estimate of drug-likeness (QED) is 0.346. The smallest absolute Gasteiger partial charge is 0.338 e. The van der Waals surface area contributed by atoms with Crippen molar-refractivity contribution in [2.75, 3.05) is 13.1 Å². The van der Waals surface area contributed by atoms with E-state index in [9.17, 15) is 9.18 Å². The summed E-state index contributed by atoms with van der Waals surface area (Å²) in [6, 6.07) is 27.0. The Morgan fingerprint density at radius 2 is 1.79 bits per heavy atom. The summed E-state index contributed by atoms with van der Waals surface area (Å²) in [6.45, 7) is 1.49. The van der Waals surface area contributed by atoms with Crippen molar-refractivity contribution in [3.63, 3.8) is 0 Å². The van der Waals surface area contributed by atoms with E-state index in [-0.39, 0.29) is 17.6 Å². The van der Waals surface area contributed by atoms with Gasteiger partial charge in [0, 0.05) is 18.0 Å². The summed E-state index contributed by atoms with van der Waals surface area (Å²) in [5, 5.41) is 15.2. The first-order valence-electron chi connectivity index (χ1n) is 11.6. The molecular weight excluding hydrogens is 429 g/mol. The highest BCUT2D eigenvalue weighted by molar-refractivity contribution is 5.88. The summed E-state index contributed by atoms with van der Waals surface area (Å²) in [6.07, 6.45) is 1.52. The lowest BCUT2D eigenvalue weighted by Gasteiger charge is -2.33. The highest BCUT2D eigenvalue weighted by Crippen LogP contribution is 2.40. The predicted octanol–water partition coefficient (Wildman–Crippen LogP) is 5.79. The second-order valence-electron chi connectivity index (χ2n) is 8.70. The Balaban J connectivity index is 1.28. The number of ether oxygens (including phenoxy) is 1. The maximum absolute atomic E-state index is 14.4. The van der Waals surface area contributed by atoms with Gasteiger partial charge in [0.05, 0.1) is 5.56 Å². The monoisotopic (exact) mass is 455 g/mol. The summed E-state index contributed by atoms with van der Waals surface area (Å²) in [5.74, 6) is -1.24. The molecule has 1 aliphatic rings. The first-order valence-corrected chi connectivity index (χ1v) is 11.6. The van der Waals surface area contributed by atoms with E-state index in [4.69, 9.17) is 9.84 Å². The topological polar surface area (TPSA) is 58.6 Å². The molecule has 2 unspecified atom stereocenters. The van der Waals surface area contributed by atoms with Crippen LogP contribution in [0.3, 0.4) is 0 Å². The van der Waals surface area contributed by atoms with Crippen LogP contribution in [0.15, 0.2) is 84.9 Å². The SMILES string of the molecule is O=C(O)c1ccc(C2CC(CNCCc3cccc4ccccc34)Oc3ccccc32)cc1F. The van der Waals surface area contributed by atoms with Gasteiger partial charge in [0.1, 0.15) is 17.7 Å². The van der Waals surface area contributed by atoms with Crippen molar-refractivity contribution in [2.24, 2.45) is 0 Å². The number of halogens is 1. The van der Waals surface area contributed by atoms with Crippen molar-refractivity contribution in [2.45, 2.75) is 24.9 Å². The molecule has 0 amide bonds. The minimum atomic E-state index is -1.26. The summed E-state index contributed by atoms with van der Waals surface area (Å²) in [7, 11) is 0. The maximum atomic E-state index is 14.4. The zero-order valence-corrected chi connectivity index (χ0v) is 18.7. The number of fused-ring (bicyclic) bond motifs is 2. The normalized spacial score (nSPS) is 17.2. The Morgan fingerprint density at radius 1 is 1.00 bits per heavy atom. The van der Waals surface area contributed by atoms with Crippen LogP contribution in [0.25, 0.3) is 10.8 Å². The number of carboxylic acid groups (broad SMARTS) is 1. The Morgan fingerprint density at radius 3 is 2.65 bits per heavy atom. The number of carboxylic acids is 1. The summed E-state index contributed by atoms with van der Waals surface area (Å²) >= 11 is 0. The average molecular weight is 456 g/mol. The van der Waals surface area contributed by atoms with Crippen molar-refractivity contribution in [3.05, 3.63) is 113 Å². The van der Waals surface area contributed by atoms with E-state index in [0.29, 0.717) is 13.0 Å². The number of carbonyl (C=O) groups is 1. The molecule has 4 aromatic carbocycles. The molecule has 1 heterocycles. The average Bonchev–Trinajstić information content (AvgIpc) is 2.86. The van der Waals surface area contributed by atoms with Gasteiger partial charge in [-0.1, -0.05) is 66.7 Å². The molecule has 0 radical (unpaired) electrons. The van der Waals surface area contributed by atoms with Gasteiger partial charge in [-0.15, -0.1) is 0 Å². The van der Waals surface area contributed by atoms with Crippen molar-refractivity contribution in [1.82, 2.24) is 5.32 Å². The van der Waals surface area contributed by atoms with Gasteiger partial charge in [-0.05, 0) is 59.5 Å². The third kappa shape index (κ3) is 4.52. The minimum Gasteiger partial charge on any atom is -0.489 e. The van der Waals surface area contributed by atoms with Gasteiger partial charge < -0.3 is 15.2 Å². The van der Waals surface area contributed by atoms with Crippen LogP contribution in [0.1, 0.15) is 39.4 Å². The largest absolute Gasteiger partial charge is 0.489 e. The molecule has 2 atom stereocenters. The van der Waals surface area contributed by atoms with Crippen LogP contribution < -0.4 is 10.1 Å². The second kappa shape index (κ2) is 9.65. The molecule has 5 heteroatoms. The fraction of sp³-hybridized carbons (Fsp3) is 0.207. The first-order chi connectivity index (χ1) is 16.6. The molecule has 5 rings (SSSR count). The molecular formula is C29H26FNO3. The van der Waals surface area contributed by atoms with Gasteiger partial charge in [-0.3, -0.25) is 0 Å². The highest BCUT2D eigenvalue weighted by atomic mass is 19.1. The zero-order chi connectivity index (χ0) is 23.5. The van der Waals surface area contributed by atoms with Crippen molar-refractivity contribution in [1.29, 1.82) is 0 Å². The van der Waals surface area contributed by atoms with Gasteiger partial charge >= 0.3 is 5.97 Å². The van der Waals surface area contributed by atoms with E-state index in [2.05, 4.69) is 47.8 Å². The molecule has 0 spiro atoms. The van der Waals surface area contributed by atoms with Crippen molar-refractivity contribution >= 4 is 16.7 Å². The number of aromatic carboxylic acids is 1. The van der Waals surface area contributed by atoms with E-state index in [1.807, 2.05) is 24.3 Å². The van der Waals surface area contributed by atoms with Crippen LogP contribution in [-0.4, -0.2) is 30.3 Å². The van der Waals surface area contributed by atoms with Crippen LogP contribution in [0.5, 0.6) is 5.75 Å². The van der Waals surface area contributed by atoms with E-state index >= 15 is 0 Å². The van der Waals surface area contributed by atoms with E-state index in [1.54, 1.807) is 6.07 Å². The van der Waals surface area contributed by atoms with Crippen LogP contribution in [0.2, 0.25) is 0 Å². The Hall–Kier alpha value is -3.70. The van der Waals surface area contributed by atoms with Gasteiger partial charge in [0.15, 0.2) is 0 Å². The molecule has 34 heavy (non-hydrogen) atoms. The summed E-state index contributed by atoms with van der Waals surface area (Å²) < 4.78 is 20.7. The van der Waals surface area contributed by atoms with E-state index in [0.717, 1.165) is 29.8 Å². The highest BCUT2D eigenvalue weighted by Gasteiger charge is 2.29. The number of nitrogens with one attached hydrogen (secondary N) is 1. The maximum Gasteiger partial charge on any atom is 0.338 e. The molecule has 0 aliphatic carbocycles. The van der Waals surface area contributed by atoms with Gasteiger partial charge in [0.25, 0.3) is 0 Å². The Kier molecular flexibility index (Phi) is 6.28. The standard InChI is InChI=1S/C29H26FNO3/c30-27-16-21(12-13-25(27)29(32)33)26-17-22(34-28-11-4-3-10-24(26)28)18-31-15-14-20-8-5-7-19-6-1-2-9-23(19)20/h1-13,16,22,26,31H,14-15,17-18H2,(H,32,33). The molecule has 0 saturated carbocycles. The number of hydrogen-bond acceptors (Lipinski definition) is 3. The van der Waals surface area contributed by atoms with Crippen LogP contribution in [0, 0.1) is 5.82 Å². The van der Waals surface area contributed by atoms with E-state index < -0.39 is 11.8 Å². The second-order valence-corrected chi connectivity index (χ2v) is 8.70. The Labute approximate surface area is 198 Å². The van der Waals surface area contributed by atoms with E-state index in [1.165, 1.54) is 28.5 Å². The lowest BCUT2D eigenvalue weighted by Crippen LogP contribution is -2.36. The van der Waals surface area contributed by atoms with Crippen molar-refractivity contribution < 1.29 is 19.0 Å². The molecule has 4 aromatic rings. The summed E-state index contributed by atoms with van der Waals surface area (Å²) in [4.78, 5) is 11.2. The molecule has 0 saturated heterocycles. The number of para-hydroxylation sites is 1. The van der Waals surface area contributed by atoms with Gasteiger partial charge in [-0.25, -0.2) is 9.18 Å². The number of benzene rings is 4. The minimum absolute atomic E-state index is 0.0628. The first kappa shape index (κ1) is 22.1. The predicted molar refractivity (Wildman–Crippen MR) is 131 cm³/mol. The lowest BCUT2D eigenvalue weighted by molar-refractivity contribution is 0.0691. The number of rotatable bonds is 7. The third-order valence-electron chi connectivity index (χ3n) is 6.54. The lowest BCUT2D eigenvalue weighted by atomic mass is 9.83. The fourth-order valence-corrected chi connectivity index (χ4v) is 4.85. The molecule has 2 N–H and O–H groups in total. The molecule has 0 bridgehead atoms. The molecule has 0 aromatic heterocycles. The van der Waals surface area contributed by atoms with Crippen LogP contribution in [0.4, 0.5) is 4.39 Å². The number of hydrogen-bond donors (Lipinski definition) is 2. The molecule has 0 fully saturated rings. The van der Waals surface area contributed by atoms with Crippen LogP contribution >= 0.6 is 0 Å².